The summed E-state index contributed by atoms with van der Waals surface area (Å²) in [5, 5.41) is 30.7. The number of anilines is 1. The molecule has 2 aromatic heterocycles. The Morgan fingerprint density at radius 1 is 0.689 bits per heavy atom. The molecule has 0 aliphatic rings. The van der Waals surface area contributed by atoms with E-state index in [4.69, 9.17) is 10.8 Å². The van der Waals surface area contributed by atoms with E-state index < -0.39 is 32.8 Å². The van der Waals surface area contributed by atoms with Gasteiger partial charge in [0, 0.05) is 30.9 Å². The van der Waals surface area contributed by atoms with Crippen LogP contribution in [-0.2, 0) is 40.6 Å². The SMILES string of the molecule is CNS(=O)(=O)c1ccc(Cc2ccc(OC(F)(F)F)cc2)c(-c2nnnn2C)c1.CNS(=O)(=O)c1ccc(N)c(-c2nnnn2C)c1.O.O[B]c1ccc(OC(F)(F)F)cc1. The smallest absolute Gasteiger partial charge is 0.450 e. The normalized spacial score (nSPS) is 11.6. The molecule has 0 atom stereocenters. The molecule has 1 radical (unpaired) electrons. The zero-order chi connectivity index (χ0) is 44.5. The van der Waals surface area contributed by atoms with Crippen LogP contribution in [0.4, 0.5) is 32.0 Å². The van der Waals surface area contributed by atoms with Crippen LogP contribution in [0.5, 0.6) is 11.5 Å². The number of tetrazole rings is 2. The number of sulfonamides is 2. The molecular formula is C33H35BF6N11O8S2. The van der Waals surface area contributed by atoms with Gasteiger partial charge in [0.15, 0.2) is 11.6 Å². The highest BCUT2D eigenvalue weighted by Gasteiger charge is 2.31. The Bertz CT molecular complexity index is 2600. The fraction of sp³-hybridized carbons (Fsp3) is 0.212. The third-order valence-electron chi connectivity index (χ3n) is 7.80. The maximum absolute atomic E-state index is 12.3. The fourth-order valence-electron chi connectivity index (χ4n) is 4.92. The van der Waals surface area contributed by atoms with Crippen molar-refractivity contribution in [2.24, 2.45) is 14.1 Å². The van der Waals surface area contributed by atoms with Crippen molar-refractivity contribution in [1.29, 1.82) is 0 Å². The number of nitrogens with zero attached hydrogens (tertiary/aromatic N) is 8. The molecular weight excluding hydrogens is 867 g/mol. The summed E-state index contributed by atoms with van der Waals surface area (Å²) in [6.07, 6.45) is -9.12. The number of benzene rings is 4. The maximum Gasteiger partial charge on any atom is 0.573 e. The van der Waals surface area contributed by atoms with Crippen LogP contribution in [0.1, 0.15) is 11.1 Å². The first-order valence-electron chi connectivity index (χ1n) is 16.6. The molecule has 0 unspecified atom stereocenters. The van der Waals surface area contributed by atoms with Crippen molar-refractivity contribution in [2.75, 3.05) is 19.8 Å². The zero-order valence-corrected chi connectivity index (χ0v) is 33.6. The van der Waals surface area contributed by atoms with Gasteiger partial charge in [0.2, 0.25) is 20.0 Å². The van der Waals surface area contributed by atoms with Gasteiger partial charge >= 0.3 is 20.2 Å². The minimum atomic E-state index is -4.76. The third kappa shape index (κ3) is 13.9. The molecule has 7 N–H and O–H groups in total. The number of hydrogen-bond donors (Lipinski definition) is 4. The van der Waals surface area contributed by atoms with Crippen molar-refractivity contribution in [2.45, 2.75) is 28.9 Å². The van der Waals surface area contributed by atoms with E-state index in [0.717, 1.165) is 19.6 Å². The number of alkyl halides is 6. The van der Waals surface area contributed by atoms with E-state index in [9.17, 15) is 43.2 Å². The molecule has 6 rings (SSSR count). The monoisotopic (exact) mass is 902 g/mol. The summed E-state index contributed by atoms with van der Waals surface area (Å²) < 4.78 is 134. The van der Waals surface area contributed by atoms with Crippen LogP contribution in [0.3, 0.4) is 0 Å². The van der Waals surface area contributed by atoms with E-state index in [-0.39, 0.29) is 26.8 Å². The minimum Gasteiger partial charge on any atom is -0.450 e. The number of aryl methyl sites for hydroxylation is 2. The van der Waals surface area contributed by atoms with Crippen LogP contribution in [0.25, 0.3) is 22.8 Å². The fourth-order valence-corrected chi connectivity index (χ4v) is 6.43. The van der Waals surface area contributed by atoms with Gasteiger partial charge in [0.1, 0.15) is 11.5 Å². The largest absolute Gasteiger partial charge is 0.573 e. The van der Waals surface area contributed by atoms with E-state index in [1.165, 1.54) is 90.2 Å². The summed E-state index contributed by atoms with van der Waals surface area (Å²) in [6, 6.07) is 19.2. The van der Waals surface area contributed by atoms with Gasteiger partial charge in [-0.2, -0.15) is 0 Å². The van der Waals surface area contributed by atoms with E-state index >= 15 is 0 Å². The molecule has 0 spiro atoms. The number of ether oxygens (including phenoxy) is 2. The second kappa shape index (κ2) is 20.4. The predicted molar refractivity (Wildman–Crippen MR) is 206 cm³/mol. The number of nitrogens with two attached hydrogens (primary N) is 1. The molecule has 19 nitrogen and oxygen atoms in total. The number of halogens is 6. The highest BCUT2D eigenvalue weighted by atomic mass is 32.2. The number of rotatable bonds is 11. The average Bonchev–Trinajstić information content (AvgIpc) is 3.82. The van der Waals surface area contributed by atoms with Gasteiger partial charge in [-0.05, 0) is 107 Å². The van der Waals surface area contributed by atoms with Crippen molar-refractivity contribution in [3.63, 3.8) is 0 Å². The Kier molecular flexibility index (Phi) is 16.4. The molecule has 61 heavy (non-hydrogen) atoms. The Hall–Kier alpha value is -6.20. The molecule has 0 saturated heterocycles. The van der Waals surface area contributed by atoms with Crippen LogP contribution in [0, 0.1) is 0 Å². The molecule has 0 aliphatic heterocycles. The summed E-state index contributed by atoms with van der Waals surface area (Å²) in [6.45, 7) is 0. The van der Waals surface area contributed by atoms with Gasteiger partial charge in [-0.3, -0.25) is 0 Å². The van der Waals surface area contributed by atoms with E-state index in [2.05, 4.69) is 50.0 Å². The maximum atomic E-state index is 12.3. The summed E-state index contributed by atoms with van der Waals surface area (Å²) in [4.78, 5) is 0.146. The number of nitrogens with one attached hydrogen (secondary N) is 2. The molecule has 0 saturated carbocycles. The zero-order valence-electron chi connectivity index (χ0n) is 32.0. The van der Waals surface area contributed by atoms with Gasteiger partial charge in [0.25, 0.3) is 0 Å². The quantitative estimate of drug-likeness (QED) is 0.0818. The van der Waals surface area contributed by atoms with Gasteiger partial charge in [-0.1, -0.05) is 35.8 Å². The van der Waals surface area contributed by atoms with Crippen molar-refractivity contribution in [1.82, 2.24) is 49.9 Å². The van der Waals surface area contributed by atoms with Crippen LogP contribution >= 0.6 is 0 Å². The number of nitrogen functional groups attached to an aromatic ring is 1. The first kappa shape index (κ1) is 49.2. The summed E-state index contributed by atoms with van der Waals surface area (Å²) >= 11 is 0. The topological polar surface area (TPSA) is 276 Å². The molecule has 0 aliphatic carbocycles. The van der Waals surface area contributed by atoms with Gasteiger partial charge in [-0.15, -0.1) is 36.5 Å². The second-order valence-corrected chi connectivity index (χ2v) is 15.6. The van der Waals surface area contributed by atoms with Gasteiger partial charge in [0.05, 0.1) is 9.79 Å². The Balaban J connectivity index is 0.000000265. The molecule has 28 heteroatoms. The average molecular weight is 903 g/mol. The van der Waals surface area contributed by atoms with E-state index in [1.54, 1.807) is 20.2 Å². The molecule has 0 bridgehead atoms. The summed E-state index contributed by atoms with van der Waals surface area (Å²) in [5.74, 6) is 0.123. The highest BCUT2D eigenvalue weighted by Crippen LogP contribution is 2.29. The lowest BCUT2D eigenvalue weighted by Crippen LogP contribution is -2.18. The standard InChI is InChI=1S/C17H16F3N5O3S.C9H12N6O2S.C7H5BF3O2.H2O/c1-21-29(26,27)14-8-5-12(15(10-14)16-22-23-24-25(16)2)9-11-3-6-13(7-4-11)28-17(18,19)20;1-11-18(16,17)6-3-4-8(10)7(5-6)9-12-13-14-15(9)2;9-7(10,11)13-6-3-1-5(8-12)2-4-6;/h3-8,10,21H,9H2,1-2H3;3-5,11H,10H2,1-2H3;1-4,12H;1H2. The first-order valence-corrected chi connectivity index (χ1v) is 19.6. The lowest BCUT2D eigenvalue weighted by molar-refractivity contribution is -0.275. The third-order valence-corrected chi connectivity index (χ3v) is 10.6. The predicted octanol–water partition coefficient (Wildman–Crippen LogP) is 1.64. The van der Waals surface area contributed by atoms with Crippen LogP contribution in [-0.4, -0.2) is 102 Å². The Labute approximate surface area is 344 Å². The van der Waals surface area contributed by atoms with E-state index in [0.29, 0.717) is 51.5 Å². The Morgan fingerprint density at radius 3 is 1.52 bits per heavy atom. The van der Waals surface area contributed by atoms with Crippen molar-refractivity contribution < 1.29 is 63.2 Å². The first-order chi connectivity index (χ1) is 28.1. The molecule has 0 amide bonds. The van der Waals surface area contributed by atoms with E-state index in [1.807, 2.05) is 0 Å². The lowest BCUT2D eigenvalue weighted by Gasteiger charge is -2.12. The summed E-state index contributed by atoms with van der Waals surface area (Å²) in [7, 11) is -0.519. The molecule has 6 aromatic rings. The summed E-state index contributed by atoms with van der Waals surface area (Å²) in [5.41, 5.74) is 8.98. The van der Waals surface area contributed by atoms with Crippen LogP contribution < -0.4 is 30.1 Å². The second-order valence-electron chi connectivity index (χ2n) is 11.8. The number of hydrogen-bond acceptors (Lipinski definition) is 14. The number of aromatic nitrogens is 8. The van der Waals surface area contributed by atoms with Crippen molar-refractivity contribution in [3.05, 3.63) is 96.1 Å². The Morgan fingerprint density at radius 2 is 1.11 bits per heavy atom. The molecule has 0 fully saturated rings. The lowest BCUT2D eigenvalue weighted by atomic mass is 9.89. The highest BCUT2D eigenvalue weighted by molar-refractivity contribution is 7.89. The van der Waals surface area contributed by atoms with Crippen LogP contribution in [0.15, 0.2) is 94.7 Å². The molecule has 4 aromatic carbocycles. The minimum absolute atomic E-state index is 0. The van der Waals surface area contributed by atoms with Crippen LogP contribution in [0.2, 0.25) is 0 Å². The van der Waals surface area contributed by atoms with Gasteiger partial charge in [-0.25, -0.2) is 35.6 Å². The van der Waals surface area contributed by atoms with Gasteiger partial charge < -0.3 is 25.7 Å². The van der Waals surface area contributed by atoms with Crippen molar-refractivity contribution in [3.8, 4) is 34.3 Å². The molecule has 2 heterocycles. The molecule has 327 valence electrons. The van der Waals surface area contributed by atoms with Crippen molar-refractivity contribution >= 4 is 38.7 Å².